The van der Waals surface area contributed by atoms with Gasteiger partial charge in [0.1, 0.15) is 5.58 Å². The van der Waals surface area contributed by atoms with Crippen LogP contribution in [0.1, 0.15) is 60.3 Å². The summed E-state index contributed by atoms with van der Waals surface area (Å²) in [6.07, 6.45) is 5.73. The standard InChI is InChI=1S/C24H24N2O/c1-15-14-25-22(13-21(15)17-7-4-3-5-8-17)20-10-6-9-18-19-12-11-16(2)26-24(19)27-23(18)20/h6,9-14,17H,3-5,7-8H2,1-2H3/i1D3,17D. The Bertz CT molecular complexity index is 1290. The minimum atomic E-state index is -2.31. The van der Waals surface area contributed by atoms with E-state index in [1.165, 1.54) is 6.20 Å². The number of para-hydroxylation sites is 1. The maximum absolute atomic E-state index is 9.10. The van der Waals surface area contributed by atoms with Crippen molar-refractivity contribution in [1.82, 2.24) is 9.97 Å². The summed E-state index contributed by atoms with van der Waals surface area (Å²) in [6.45, 7) is -0.383. The van der Waals surface area contributed by atoms with E-state index in [0.717, 1.165) is 41.3 Å². The lowest BCUT2D eigenvalue weighted by molar-refractivity contribution is 0.442. The number of rotatable bonds is 2. The lowest BCUT2D eigenvalue weighted by Crippen LogP contribution is -2.07. The van der Waals surface area contributed by atoms with Gasteiger partial charge < -0.3 is 4.42 Å². The molecule has 1 aliphatic carbocycles. The Hall–Kier alpha value is -2.68. The summed E-state index contributed by atoms with van der Waals surface area (Å²) < 4.78 is 39.2. The van der Waals surface area contributed by atoms with Crippen LogP contribution in [0.2, 0.25) is 0 Å². The second kappa shape index (κ2) is 6.49. The molecule has 0 amide bonds. The second-order valence-electron chi connectivity index (χ2n) is 7.37. The summed E-state index contributed by atoms with van der Waals surface area (Å²) in [7, 11) is 0. The molecule has 1 fully saturated rings. The monoisotopic (exact) mass is 360 g/mol. The molecule has 136 valence electrons. The molecule has 0 saturated heterocycles. The highest BCUT2D eigenvalue weighted by Gasteiger charge is 2.20. The molecule has 1 saturated carbocycles. The van der Waals surface area contributed by atoms with Crippen molar-refractivity contribution in [2.75, 3.05) is 0 Å². The summed E-state index contributed by atoms with van der Waals surface area (Å²) in [5, 5.41) is 1.88. The molecule has 3 nitrogen and oxygen atoms in total. The summed E-state index contributed by atoms with van der Waals surface area (Å²) in [6, 6.07) is 11.6. The molecule has 1 aromatic carbocycles. The van der Waals surface area contributed by atoms with E-state index in [-0.39, 0.29) is 5.56 Å². The van der Waals surface area contributed by atoms with Gasteiger partial charge in [-0.15, -0.1) is 0 Å². The minimum Gasteiger partial charge on any atom is -0.437 e. The quantitative estimate of drug-likeness (QED) is 0.399. The number of pyridine rings is 2. The molecule has 0 unspecified atom stereocenters. The maximum atomic E-state index is 9.10. The normalized spacial score (nSPS) is 19.4. The fraction of sp³-hybridized carbons (Fsp3) is 0.333. The summed E-state index contributed by atoms with van der Waals surface area (Å²) in [5.41, 5.74) is 4.29. The Morgan fingerprint density at radius 3 is 2.85 bits per heavy atom. The highest BCUT2D eigenvalue weighted by atomic mass is 16.3. The van der Waals surface area contributed by atoms with Crippen LogP contribution in [0.4, 0.5) is 0 Å². The zero-order valence-electron chi connectivity index (χ0n) is 19.4. The Kier molecular flexibility index (Phi) is 3.04. The molecule has 3 heteroatoms. The van der Waals surface area contributed by atoms with Gasteiger partial charge >= 0.3 is 0 Å². The molecule has 0 radical (unpaired) electrons. The van der Waals surface area contributed by atoms with Crippen molar-refractivity contribution in [2.45, 2.75) is 51.8 Å². The molecule has 0 bridgehead atoms. The third kappa shape index (κ3) is 2.82. The number of benzene rings is 1. The second-order valence-corrected chi connectivity index (χ2v) is 7.37. The molecule has 3 heterocycles. The molecule has 0 N–H and O–H groups in total. The summed E-state index contributed by atoms with van der Waals surface area (Å²) in [4.78, 5) is 9.02. The van der Waals surface area contributed by atoms with Crippen LogP contribution in [0.3, 0.4) is 0 Å². The number of furan rings is 1. The third-order valence-electron chi connectivity index (χ3n) is 5.52. The van der Waals surface area contributed by atoms with Crippen molar-refractivity contribution >= 4 is 22.1 Å². The van der Waals surface area contributed by atoms with Crippen LogP contribution in [-0.4, -0.2) is 9.97 Å². The first kappa shape index (κ1) is 12.7. The lowest BCUT2D eigenvalue weighted by Gasteiger charge is -2.24. The van der Waals surface area contributed by atoms with Gasteiger partial charge in [0.2, 0.25) is 5.71 Å². The van der Waals surface area contributed by atoms with Gasteiger partial charge in [-0.25, -0.2) is 4.98 Å². The van der Waals surface area contributed by atoms with Gasteiger partial charge in [0.15, 0.2) is 0 Å². The molecule has 3 aromatic heterocycles. The summed E-state index contributed by atoms with van der Waals surface area (Å²) >= 11 is 0. The SMILES string of the molecule is [2H]C([2H])([2H])c1cnc(-c2cccc3c2oc2nc(C)ccc23)cc1C1([2H])CCCCC1. The summed E-state index contributed by atoms with van der Waals surface area (Å²) in [5.74, 6) is -0.903. The van der Waals surface area contributed by atoms with Crippen molar-refractivity contribution in [3.63, 3.8) is 0 Å². The van der Waals surface area contributed by atoms with Crippen molar-refractivity contribution in [1.29, 1.82) is 0 Å². The van der Waals surface area contributed by atoms with E-state index in [4.69, 9.17) is 9.90 Å². The number of nitrogens with zero attached hydrogens (tertiary/aromatic N) is 2. The van der Waals surface area contributed by atoms with Crippen molar-refractivity contribution < 1.29 is 9.90 Å². The smallest absolute Gasteiger partial charge is 0.227 e. The highest BCUT2D eigenvalue weighted by Crippen LogP contribution is 2.38. The van der Waals surface area contributed by atoms with E-state index in [2.05, 4.69) is 9.97 Å². The van der Waals surface area contributed by atoms with Crippen LogP contribution in [0.25, 0.3) is 33.3 Å². The van der Waals surface area contributed by atoms with Crippen LogP contribution in [0.5, 0.6) is 0 Å². The molecule has 5 rings (SSSR count). The molecule has 4 aromatic rings. The van der Waals surface area contributed by atoms with Crippen LogP contribution >= 0.6 is 0 Å². The first-order valence-electron chi connectivity index (χ1n) is 11.6. The van der Waals surface area contributed by atoms with Gasteiger partial charge in [-0.2, -0.15) is 0 Å². The first-order valence-corrected chi connectivity index (χ1v) is 9.57. The van der Waals surface area contributed by atoms with E-state index in [1.807, 2.05) is 37.3 Å². The fourth-order valence-corrected chi connectivity index (χ4v) is 4.12. The van der Waals surface area contributed by atoms with Gasteiger partial charge in [0.05, 0.1) is 5.69 Å². The van der Waals surface area contributed by atoms with Crippen molar-refractivity contribution in [3.8, 4) is 11.3 Å². The zero-order valence-corrected chi connectivity index (χ0v) is 15.4. The Morgan fingerprint density at radius 2 is 2.00 bits per heavy atom. The van der Waals surface area contributed by atoms with Gasteiger partial charge in [-0.05, 0) is 67.9 Å². The Morgan fingerprint density at radius 1 is 1.11 bits per heavy atom. The largest absolute Gasteiger partial charge is 0.437 e. The van der Waals surface area contributed by atoms with Crippen molar-refractivity contribution in [2.24, 2.45) is 0 Å². The molecular formula is C24H24N2O. The fourth-order valence-electron chi connectivity index (χ4n) is 4.12. The highest BCUT2D eigenvalue weighted by molar-refractivity contribution is 6.08. The predicted molar refractivity (Wildman–Crippen MR) is 110 cm³/mol. The average molecular weight is 360 g/mol. The molecule has 27 heavy (non-hydrogen) atoms. The van der Waals surface area contributed by atoms with E-state index in [9.17, 15) is 0 Å². The van der Waals surface area contributed by atoms with Crippen molar-refractivity contribution in [3.05, 3.63) is 59.4 Å². The molecule has 0 spiro atoms. The van der Waals surface area contributed by atoms with Crippen LogP contribution in [-0.2, 0) is 0 Å². The van der Waals surface area contributed by atoms with E-state index in [0.29, 0.717) is 35.4 Å². The van der Waals surface area contributed by atoms with E-state index < -0.39 is 12.7 Å². The first-order chi connectivity index (χ1) is 14.8. The number of hydrogen-bond donors (Lipinski definition) is 0. The topological polar surface area (TPSA) is 38.9 Å². The Balaban J connectivity index is 1.73. The Labute approximate surface area is 165 Å². The average Bonchev–Trinajstić information content (AvgIpc) is 3.11. The number of hydrogen-bond acceptors (Lipinski definition) is 3. The van der Waals surface area contributed by atoms with Gasteiger partial charge in [-0.3, -0.25) is 4.98 Å². The van der Waals surface area contributed by atoms with Crippen LogP contribution in [0.15, 0.2) is 47.0 Å². The zero-order chi connectivity index (χ0) is 21.8. The van der Waals surface area contributed by atoms with E-state index >= 15 is 0 Å². The predicted octanol–water partition coefficient (Wildman–Crippen LogP) is 6.71. The molecule has 0 aliphatic heterocycles. The van der Waals surface area contributed by atoms with Crippen LogP contribution in [0, 0.1) is 13.8 Å². The maximum Gasteiger partial charge on any atom is 0.227 e. The van der Waals surface area contributed by atoms with Gasteiger partial charge in [-0.1, -0.05) is 31.4 Å². The number of aryl methyl sites for hydroxylation is 2. The number of fused-ring (bicyclic) bond motifs is 3. The van der Waals surface area contributed by atoms with Gasteiger partial charge in [0, 0.05) is 33.7 Å². The molecule has 1 aliphatic rings. The van der Waals surface area contributed by atoms with E-state index in [1.54, 1.807) is 6.07 Å². The lowest BCUT2D eigenvalue weighted by atomic mass is 9.82. The van der Waals surface area contributed by atoms with Gasteiger partial charge in [0.25, 0.3) is 0 Å². The number of aromatic nitrogens is 2. The third-order valence-corrected chi connectivity index (χ3v) is 5.52. The minimum absolute atomic E-state index is 0.183. The van der Waals surface area contributed by atoms with Crippen LogP contribution < -0.4 is 0 Å². The molecular weight excluding hydrogens is 332 g/mol. The molecule has 0 atom stereocenters.